The first-order valence-corrected chi connectivity index (χ1v) is 15.1. The summed E-state index contributed by atoms with van der Waals surface area (Å²) in [6.45, 7) is 5.82. The standard InChI is InChI=1S/C37H35ClN2O4/c1-21-33-29(15-27(41-3)17-31(33)43-5)39-19-24-9-7-8-10-25(24)20-40-30-16-28(42-4)18-32(44-6)34(30)22(2)37(40)35(36(21)39)23-11-13-26(38)14-12-23/h7-18,35H,19-20H2,1-6H3. The van der Waals surface area contributed by atoms with Gasteiger partial charge in [-0.1, -0.05) is 48.0 Å². The minimum Gasteiger partial charge on any atom is -0.497 e. The first-order valence-electron chi connectivity index (χ1n) is 14.7. The molecule has 1 aliphatic heterocycles. The van der Waals surface area contributed by atoms with Crippen molar-refractivity contribution in [2.24, 2.45) is 0 Å². The molecule has 3 heterocycles. The van der Waals surface area contributed by atoms with E-state index in [-0.39, 0.29) is 5.92 Å². The summed E-state index contributed by atoms with van der Waals surface area (Å²) in [5.74, 6) is 2.97. The Morgan fingerprint density at radius 1 is 0.614 bits per heavy atom. The molecule has 0 saturated heterocycles. The fourth-order valence-electron chi connectivity index (χ4n) is 7.20. The Hall–Kier alpha value is -4.55. The third-order valence-electron chi connectivity index (χ3n) is 9.23. The van der Waals surface area contributed by atoms with Crippen LogP contribution < -0.4 is 18.9 Å². The van der Waals surface area contributed by atoms with Gasteiger partial charge in [0.2, 0.25) is 0 Å². The molecule has 1 aliphatic rings. The molecule has 0 aliphatic carbocycles. The number of methoxy groups -OCH3 is 4. The molecule has 0 fully saturated rings. The molecule has 6 aromatic rings. The second-order valence-electron chi connectivity index (χ2n) is 11.4. The van der Waals surface area contributed by atoms with Crippen LogP contribution in [0.2, 0.25) is 5.02 Å². The van der Waals surface area contributed by atoms with Crippen molar-refractivity contribution in [2.45, 2.75) is 32.9 Å². The molecule has 7 rings (SSSR count). The lowest BCUT2D eigenvalue weighted by molar-refractivity contribution is 0.397. The van der Waals surface area contributed by atoms with Gasteiger partial charge in [0.15, 0.2) is 0 Å². The van der Waals surface area contributed by atoms with Crippen molar-refractivity contribution in [3.63, 3.8) is 0 Å². The summed E-state index contributed by atoms with van der Waals surface area (Å²) in [6, 6.07) is 25.2. The predicted octanol–water partition coefficient (Wildman–Crippen LogP) is 8.49. The Kier molecular flexibility index (Phi) is 6.97. The number of ether oxygens (including phenoxy) is 4. The van der Waals surface area contributed by atoms with Crippen molar-refractivity contribution >= 4 is 33.4 Å². The Bertz CT molecular complexity index is 1930. The third kappa shape index (κ3) is 4.23. The number of aryl methyl sites for hydroxylation is 2. The van der Waals surface area contributed by atoms with Crippen LogP contribution in [0, 0.1) is 13.8 Å². The first-order chi connectivity index (χ1) is 21.4. The fraction of sp³-hybridized carbons (Fsp3) is 0.243. The highest BCUT2D eigenvalue weighted by molar-refractivity contribution is 6.30. The predicted molar refractivity (Wildman–Crippen MR) is 177 cm³/mol. The molecule has 2 aromatic heterocycles. The molecule has 44 heavy (non-hydrogen) atoms. The minimum atomic E-state index is -0.132. The number of rotatable bonds is 5. The molecule has 4 aromatic carbocycles. The van der Waals surface area contributed by atoms with Crippen molar-refractivity contribution in [2.75, 3.05) is 28.4 Å². The van der Waals surface area contributed by atoms with Gasteiger partial charge in [0.1, 0.15) is 23.0 Å². The van der Waals surface area contributed by atoms with Gasteiger partial charge in [0.05, 0.1) is 45.4 Å². The monoisotopic (exact) mass is 606 g/mol. The van der Waals surface area contributed by atoms with Gasteiger partial charge in [0.25, 0.3) is 0 Å². The van der Waals surface area contributed by atoms with Crippen LogP contribution in [0.3, 0.4) is 0 Å². The van der Waals surface area contributed by atoms with E-state index < -0.39 is 0 Å². The molecule has 0 unspecified atom stereocenters. The fourth-order valence-corrected chi connectivity index (χ4v) is 7.33. The van der Waals surface area contributed by atoms with Gasteiger partial charge in [-0.15, -0.1) is 0 Å². The molecular formula is C37H35ClN2O4. The van der Waals surface area contributed by atoms with Crippen LogP contribution in [0.5, 0.6) is 23.0 Å². The van der Waals surface area contributed by atoms with Crippen LogP contribution >= 0.6 is 11.6 Å². The maximum Gasteiger partial charge on any atom is 0.132 e. The highest BCUT2D eigenvalue weighted by Gasteiger charge is 2.34. The summed E-state index contributed by atoms with van der Waals surface area (Å²) in [7, 11) is 6.85. The van der Waals surface area contributed by atoms with Gasteiger partial charge in [-0.25, -0.2) is 0 Å². The SMILES string of the molecule is COc1cc(OC)c2c(C)c3n(c2c1)Cc1ccccc1Cn1c(c(C)c2c(OC)cc(OC)cc21)C3c1ccc(Cl)cc1. The van der Waals surface area contributed by atoms with Gasteiger partial charge >= 0.3 is 0 Å². The minimum absolute atomic E-state index is 0.132. The average Bonchev–Trinajstić information content (AvgIpc) is 3.49. The van der Waals surface area contributed by atoms with Crippen LogP contribution in [0.4, 0.5) is 0 Å². The summed E-state index contributed by atoms with van der Waals surface area (Å²) in [6.07, 6.45) is 0. The Morgan fingerprint density at radius 3 is 1.48 bits per heavy atom. The maximum atomic E-state index is 6.46. The van der Waals surface area contributed by atoms with Crippen molar-refractivity contribution in [1.82, 2.24) is 9.13 Å². The summed E-state index contributed by atoms with van der Waals surface area (Å²) < 4.78 is 28.4. The van der Waals surface area contributed by atoms with Crippen molar-refractivity contribution < 1.29 is 18.9 Å². The molecule has 0 atom stereocenters. The largest absolute Gasteiger partial charge is 0.497 e. The van der Waals surface area contributed by atoms with Gasteiger partial charge in [0, 0.05) is 64.5 Å². The smallest absolute Gasteiger partial charge is 0.132 e. The normalized spacial score (nSPS) is 13.1. The van der Waals surface area contributed by atoms with E-state index in [4.69, 9.17) is 30.5 Å². The van der Waals surface area contributed by atoms with Crippen LogP contribution in [-0.2, 0) is 13.1 Å². The lowest BCUT2D eigenvalue weighted by atomic mass is 9.87. The molecule has 6 nitrogen and oxygen atoms in total. The van der Waals surface area contributed by atoms with E-state index >= 15 is 0 Å². The van der Waals surface area contributed by atoms with E-state index in [2.05, 4.69) is 71.5 Å². The van der Waals surface area contributed by atoms with E-state index in [9.17, 15) is 0 Å². The zero-order valence-corrected chi connectivity index (χ0v) is 26.6. The highest BCUT2D eigenvalue weighted by Crippen LogP contribution is 2.48. The number of aromatic nitrogens is 2. The van der Waals surface area contributed by atoms with Crippen LogP contribution in [0.25, 0.3) is 21.8 Å². The second kappa shape index (κ2) is 10.9. The average molecular weight is 607 g/mol. The van der Waals surface area contributed by atoms with E-state index in [1.165, 1.54) is 33.6 Å². The van der Waals surface area contributed by atoms with Crippen molar-refractivity contribution in [1.29, 1.82) is 0 Å². The molecule has 0 saturated carbocycles. The molecular weight excluding hydrogens is 572 g/mol. The second-order valence-corrected chi connectivity index (χ2v) is 11.8. The zero-order valence-electron chi connectivity index (χ0n) is 25.8. The lowest BCUT2D eigenvalue weighted by Crippen LogP contribution is -2.15. The van der Waals surface area contributed by atoms with Crippen LogP contribution in [-0.4, -0.2) is 37.6 Å². The number of benzene rings is 4. The van der Waals surface area contributed by atoms with Gasteiger partial charge in [-0.05, 0) is 53.8 Å². The summed E-state index contributed by atoms with van der Waals surface area (Å²) in [4.78, 5) is 0. The van der Waals surface area contributed by atoms with Crippen molar-refractivity contribution in [3.8, 4) is 23.0 Å². The summed E-state index contributed by atoms with van der Waals surface area (Å²) >= 11 is 6.46. The number of nitrogens with zero attached hydrogens (tertiary/aromatic N) is 2. The Labute approximate surface area is 262 Å². The number of hydrogen-bond donors (Lipinski definition) is 0. The first kappa shape index (κ1) is 28.2. The Morgan fingerprint density at radius 2 is 1.07 bits per heavy atom. The Balaban J connectivity index is 1.70. The number of halogens is 1. The van der Waals surface area contributed by atoms with E-state index in [0.29, 0.717) is 18.1 Å². The van der Waals surface area contributed by atoms with Gasteiger partial charge in [-0.3, -0.25) is 0 Å². The van der Waals surface area contributed by atoms with Crippen molar-refractivity contribution in [3.05, 3.63) is 117 Å². The zero-order chi connectivity index (χ0) is 30.7. The topological polar surface area (TPSA) is 46.8 Å². The molecule has 0 spiro atoms. The summed E-state index contributed by atoms with van der Waals surface area (Å²) in [5.41, 5.74) is 10.5. The molecule has 224 valence electrons. The molecule has 0 amide bonds. The van der Waals surface area contributed by atoms with E-state index in [0.717, 1.165) is 50.4 Å². The van der Waals surface area contributed by atoms with E-state index in [1.807, 2.05) is 24.3 Å². The number of fused-ring (bicyclic) bond motifs is 7. The molecule has 0 N–H and O–H groups in total. The summed E-state index contributed by atoms with van der Waals surface area (Å²) in [5, 5.41) is 2.87. The maximum absolute atomic E-state index is 6.46. The van der Waals surface area contributed by atoms with Crippen LogP contribution in [0.15, 0.2) is 72.8 Å². The van der Waals surface area contributed by atoms with Gasteiger partial charge in [-0.2, -0.15) is 0 Å². The lowest BCUT2D eigenvalue weighted by Gasteiger charge is -2.24. The van der Waals surface area contributed by atoms with Crippen LogP contribution in [0.1, 0.15) is 45.1 Å². The molecule has 0 bridgehead atoms. The molecule has 0 radical (unpaired) electrons. The van der Waals surface area contributed by atoms with E-state index in [1.54, 1.807) is 28.4 Å². The number of hydrogen-bond acceptors (Lipinski definition) is 4. The van der Waals surface area contributed by atoms with Gasteiger partial charge < -0.3 is 28.1 Å². The quantitative estimate of drug-likeness (QED) is 0.197. The molecule has 7 heteroatoms. The highest BCUT2D eigenvalue weighted by atomic mass is 35.5. The third-order valence-corrected chi connectivity index (χ3v) is 9.48.